The number of anilines is 1. The van der Waals surface area contributed by atoms with E-state index in [0.717, 1.165) is 55.0 Å². The first-order chi connectivity index (χ1) is 11.7. The number of nitrogens with two attached hydrogens (primary N) is 1. The second-order valence-electron chi connectivity index (χ2n) is 5.86. The van der Waals surface area contributed by atoms with Gasteiger partial charge in [-0.05, 0) is 26.2 Å². The molecule has 2 aromatic rings. The molecule has 24 heavy (non-hydrogen) atoms. The van der Waals surface area contributed by atoms with Crippen LogP contribution in [0, 0.1) is 0 Å². The van der Waals surface area contributed by atoms with Gasteiger partial charge in [0.1, 0.15) is 0 Å². The Hall–Kier alpha value is -2.19. The number of aromatic nitrogens is 3. The maximum Gasteiger partial charge on any atom is 0.269 e. The van der Waals surface area contributed by atoms with Gasteiger partial charge in [0, 0.05) is 25.8 Å². The molecule has 0 bridgehead atoms. The van der Waals surface area contributed by atoms with E-state index in [1.807, 2.05) is 18.5 Å². The normalized spacial score (nSPS) is 15.6. The first-order valence-electron chi connectivity index (χ1n) is 8.43. The van der Waals surface area contributed by atoms with Gasteiger partial charge >= 0.3 is 0 Å². The zero-order chi connectivity index (χ0) is 17.1. The van der Waals surface area contributed by atoms with Crippen molar-refractivity contribution in [2.24, 2.45) is 5.84 Å². The monoisotopic (exact) mass is 332 g/mol. The second kappa shape index (κ2) is 7.14. The zero-order valence-electron chi connectivity index (χ0n) is 14.1. The lowest BCUT2D eigenvalue weighted by atomic mass is 10.0. The third-order valence-corrected chi connectivity index (χ3v) is 4.42. The molecule has 2 aromatic heterocycles. The molecular weight excluding hydrogens is 308 g/mol. The zero-order valence-corrected chi connectivity index (χ0v) is 14.1. The maximum atomic E-state index is 12.4. The van der Waals surface area contributed by atoms with Crippen LogP contribution in [0.25, 0.3) is 11.0 Å². The Morgan fingerprint density at radius 1 is 1.42 bits per heavy atom. The molecule has 0 aromatic carbocycles. The van der Waals surface area contributed by atoms with Crippen molar-refractivity contribution >= 4 is 22.6 Å². The number of fused-ring (bicyclic) bond motifs is 1. The van der Waals surface area contributed by atoms with Crippen LogP contribution in [0.5, 0.6) is 0 Å². The van der Waals surface area contributed by atoms with Crippen molar-refractivity contribution in [3.63, 3.8) is 0 Å². The summed E-state index contributed by atoms with van der Waals surface area (Å²) in [5.41, 5.74) is 5.03. The molecule has 8 heteroatoms. The van der Waals surface area contributed by atoms with Crippen LogP contribution in [0.1, 0.15) is 42.7 Å². The van der Waals surface area contributed by atoms with E-state index in [4.69, 9.17) is 10.6 Å². The number of hydrogen-bond acceptors (Lipinski definition) is 6. The number of amides is 1. The number of hydrazine groups is 1. The fraction of sp³-hybridized carbons (Fsp3) is 0.562. The smallest absolute Gasteiger partial charge is 0.269 e. The van der Waals surface area contributed by atoms with Crippen LogP contribution in [0.4, 0.5) is 5.69 Å². The molecule has 1 fully saturated rings. The summed E-state index contributed by atoms with van der Waals surface area (Å²) in [6.45, 7) is 6.16. The molecule has 0 unspecified atom stereocenters. The molecule has 0 aliphatic carbocycles. The van der Waals surface area contributed by atoms with Crippen molar-refractivity contribution in [2.75, 3.05) is 18.5 Å². The lowest BCUT2D eigenvalue weighted by Gasteiger charge is -2.26. The maximum absolute atomic E-state index is 12.4. The van der Waals surface area contributed by atoms with Crippen molar-refractivity contribution in [3.05, 3.63) is 17.5 Å². The third-order valence-electron chi connectivity index (χ3n) is 4.42. The number of nitrogens with zero attached hydrogens (tertiary/aromatic N) is 3. The number of hydrogen-bond donors (Lipinski definition) is 3. The van der Waals surface area contributed by atoms with E-state index in [-0.39, 0.29) is 11.9 Å². The number of pyridine rings is 1. The minimum Gasteiger partial charge on any atom is -0.381 e. The summed E-state index contributed by atoms with van der Waals surface area (Å²) in [5.74, 6) is 5.08. The van der Waals surface area contributed by atoms with Crippen LogP contribution >= 0.6 is 0 Å². The summed E-state index contributed by atoms with van der Waals surface area (Å²) in [7, 11) is 0. The van der Waals surface area contributed by atoms with Crippen LogP contribution in [0.3, 0.4) is 0 Å². The van der Waals surface area contributed by atoms with E-state index in [2.05, 4.69) is 20.8 Å². The summed E-state index contributed by atoms with van der Waals surface area (Å²) in [4.78, 5) is 17.1. The van der Waals surface area contributed by atoms with Gasteiger partial charge in [0.2, 0.25) is 0 Å². The van der Waals surface area contributed by atoms with Gasteiger partial charge in [0.05, 0.1) is 28.5 Å². The largest absolute Gasteiger partial charge is 0.381 e. The number of nitrogens with one attached hydrogen (secondary N) is 2. The minimum absolute atomic E-state index is 0.253. The van der Waals surface area contributed by atoms with Crippen LogP contribution in [0.2, 0.25) is 0 Å². The molecule has 8 nitrogen and oxygen atoms in total. The minimum atomic E-state index is -0.333. The molecule has 1 aliphatic heterocycles. The second-order valence-corrected chi connectivity index (χ2v) is 5.86. The van der Waals surface area contributed by atoms with Gasteiger partial charge in [-0.3, -0.25) is 10.2 Å². The predicted octanol–water partition coefficient (Wildman–Crippen LogP) is 1.21. The summed E-state index contributed by atoms with van der Waals surface area (Å²) in [5, 5.41) is 8.77. The topological polar surface area (TPSA) is 107 Å². The van der Waals surface area contributed by atoms with Crippen LogP contribution in [0.15, 0.2) is 6.20 Å². The lowest BCUT2D eigenvalue weighted by Crippen LogP contribution is -2.34. The van der Waals surface area contributed by atoms with Gasteiger partial charge in [-0.1, -0.05) is 6.92 Å². The number of nitrogen functional groups attached to an aromatic ring is 1. The fourth-order valence-corrected chi connectivity index (χ4v) is 3.14. The number of ether oxygens (including phenoxy) is 1. The van der Waals surface area contributed by atoms with E-state index < -0.39 is 0 Å². The first-order valence-corrected chi connectivity index (χ1v) is 8.43. The Kier molecular flexibility index (Phi) is 4.96. The SMILES string of the molecule is CCc1nc2c(cnn2CC)c(NC2CCOCC2)c1C(=O)NN. The van der Waals surface area contributed by atoms with Gasteiger partial charge in [0.15, 0.2) is 5.65 Å². The molecule has 1 aliphatic rings. The molecule has 130 valence electrons. The molecule has 0 saturated carbocycles. The highest BCUT2D eigenvalue weighted by Crippen LogP contribution is 2.31. The average Bonchev–Trinajstić information content (AvgIpc) is 3.04. The van der Waals surface area contributed by atoms with E-state index >= 15 is 0 Å². The number of rotatable bonds is 5. The number of carbonyl (C=O) groups is 1. The van der Waals surface area contributed by atoms with Crippen molar-refractivity contribution in [3.8, 4) is 0 Å². The van der Waals surface area contributed by atoms with Crippen LogP contribution in [-0.2, 0) is 17.7 Å². The highest BCUT2D eigenvalue weighted by atomic mass is 16.5. The van der Waals surface area contributed by atoms with Crippen molar-refractivity contribution < 1.29 is 9.53 Å². The quantitative estimate of drug-likeness (QED) is 0.431. The summed E-state index contributed by atoms with van der Waals surface area (Å²) >= 11 is 0. The first kappa shape index (κ1) is 16.7. The molecular formula is C16H24N6O2. The summed E-state index contributed by atoms with van der Waals surface area (Å²) in [6, 6.07) is 0.253. The van der Waals surface area contributed by atoms with Crippen molar-refractivity contribution in [1.29, 1.82) is 0 Å². The van der Waals surface area contributed by atoms with Gasteiger partial charge in [0.25, 0.3) is 5.91 Å². The Labute approximate surface area is 140 Å². The Morgan fingerprint density at radius 2 is 2.17 bits per heavy atom. The molecule has 0 spiro atoms. The molecule has 3 rings (SSSR count). The average molecular weight is 332 g/mol. The summed E-state index contributed by atoms with van der Waals surface area (Å²) in [6.07, 6.45) is 4.20. The van der Waals surface area contributed by atoms with Crippen molar-refractivity contribution in [2.45, 2.75) is 45.7 Å². The van der Waals surface area contributed by atoms with E-state index in [1.54, 1.807) is 6.20 Å². The molecule has 4 N–H and O–H groups in total. The number of aryl methyl sites for hydroxylation is 2. The number of carbonyl (C=O) groups excluding carboxylic acids is 1. The lowest BCUT2D eigenvalue weighted by molar-refractivity contribution is 0.0904. The van der Waals surface area contributed by atoms with Crippen LogP contribution in [-0.4, -0.2) is 39.9 Å². The highest BCUT2D eigenvalue weighted by molar-refractivity contribution is 6.07. The summed E-state index contributed by atoms with van der Waals surface area (Å²) < 4.78 is 7.26. The Bertz CT molecular complexity index is 736. The standard InChI is InChI=1S/C16H24N6O2/c1-3-12-13(16(23)21-17)14(19-10-5-7-24-8-6-10)11-9-18-22(4-2)15(11)20-12/h9-10H,3-8,17H2,1-2H3,(H,19,20)(H,21,23). The molecule has 0 atom stereocenters. The van der Waals surface area contributed by atoms with Gasteiger partial charge < -0.3 is 10.1 Å². The third kappa shape index (κ3) is 2.94. The van der Waals surface area contributed by atoms with E-state index in [1.165, 1.54) is 0 Å². The van der Waals surface area contributed by atoms with Crippen molar-refractivity contribution in [1.82, 2.24) is 20.2 Å². The van der Waals surface area contributed by atoms with E-state index in [0.29, 0.717) is 12.0 Å². The highest BCUT2D eigenvalue weighted by Gasteiger charge is 2.24. The fourth-order valence-electron chi connectivity index (χ4n) is 3.14. The Morgan fingerprint density at radius 3 is 2.79 bits per heavy atom. The van der Waals surface area contributed by atoms with Crippen LogP contribution < -0.4 is 16.6 Å². The molecule has 1 saturated heterocycles. The molecule has 0 radical (unpaired) electrons. The van der Waals surface area contributed by atoms with Gasteiger partial charge in [-0.15, -0.1) is 0 Å². The molecule has 3 heterocycles. The van der Waals surface area contributed by atoms with E-state index in [9.17, 15) is 4.79 Å². The Balaban J connectivity index is 2.16. The predicted molar refractivity (Wildman–Crippen MR) is 91.7 cm³/mol. The van der Waals surface area contributed by atoms with Gasteiger partial charge in [-0.25, -0.2) is 15.5 Å². The molecule has 1 amide bonds. The van der Waals surface area contributed by atoms with Gasteiger partial charge in [-0.2, -0.15) is 5.10 Å².